The van der Waals surface area contributed by atoms with Crippen molar-refractivity contribution in [2.45, 2.75) is 60.2 Å². The van der Waals surface area contributed by atoms with E-state index < -0.39 is 0 Å². The summed E-state index contributed by atoms with van der Waals surface area (Å²) in [6.45, 7) is 13.0. The summed E-state index contributed by atoms with van der Waals surface area (Å²) in [5.74, 6) is 0.492. The van der Waals surface area contributed by atoms with Gasteiger partial charge in [0.25, 0.3) is 0 Å². The van der Waals surface area contributed by atoms with Crippen LogP contribution in [0.5, 0.6) is 0 Å². The van der Waals surface area contributed by atoms with Crippen LogP contribution in [0, 0.1) is 19.8 Å². The number of aromatic nitrogens is 2. The van der Waals surface area contributed by atoms with E-state index in [-0.39, 0.29) is 6.10 Å². The van der Waals surface area contributed by atoms with E-state index in [2.05, 4.69) is 38.1 Å². The van der Waals surface area contributed by atoms with Crippen LogP contribution in [0.3, 0.4) is 0 Å². The maximum atomic E-state index is 9.32. The molecule has 1 rings (SSSR count). The van der Waals surface area contributed by atoms with Crippen LogP contribution in [0.2, 0.25) is 0 Å². The van der Waals surface area contributed by atoms with Gasteiger partial charge in [0, 0.05) is 24.3 Å². The lowest BCUT2D eigenvalue weighted by molar-refractivity contribution is 0.163. The highest BCUT2D eigenvalue weighted by Gasteiger charge is 2.11. The first kappa shape index (κ1) is 15.2. The Balaban J connectivity index is 2.46. The first-order valence-electron chi connectivity index (χ1n) is 6.87. The number of nitrogens with one attached hydrogen (secondary N) is 1. The molecule has 4 nitrogen and oxygen atoms in total. The molecule has 2 unspecified atom stereocenters. The second kappa shape index (κ2) is 6.90. The van der Waals surface area contributed by atoms with Crippen LogP contribution < -0.4 is 5.32 Å². The largest absolute Gasteiger partial charge is 0.393 e. The van der Waals surface area contributed by atoms with Crippen molar-refractivity contribution < 1.29 is 5.11 Å². The van der Waals surface area contributed by atoms with Gasteiger partial charge in [-0.1, -0.05) is 6.92 Å². The van der Waals surface area contributed by atoms with E-state index in [1.807, 2.05) is 11.6 Å². The zero-order valence-electron chi connectivity index (χ0n) is 12.3. The van der Waals surface area contributed by atoms with Crippen molar-refractivity contribution in [3.8, 4) is 0 Å². The van der Waals surface area contributed by atoms with Gasteiger partial charge in [-0.3, -0.25) is 4.68 Å². The molecule has 1 aromatic rings. The zero-order chi connectivity index (χ0) is 13.7. The van der Waals surface area contributed by atoms with E-state index in [4.69, 9.17) is 0 Å². The van der Waals surface area contributed by atoms with Crippen LogP contribution in [-0.2, 0) is 13.1 Å². The third kappa shape index (κ3) is 4.10. The molecular weight excluding hydrogens is 226 g/mol. The summed E-state index contributed by atoms with van der Waals surface area (Å²) < 4.78 is 2.05. The molecule has 0 bridgehead atoms. The average molecular weight is 253 g/mol. The SMILES string of the molecule is CCn1nc(C)c(CNCC(C)CC(C)O)c1C. The summed E-state index contributed by atoms with van der Waals surface area (Å²) in [4.78, 5) is 0. The molecule has 2 N–H and O–H groups in total. The Morgan fingerprint density at radius 1 is 1.33 bits per heavy atom. The number of aliphatic hydroxyl groups is 1. The number of hydrogen-bond donors (Lipinski definition) is 2. The molecule has 0 aliphatic carbocycles. The summed E-state index contributed by atoms with van der Waals surface area (Å²) in [6.07, 6.45) is 0.632. The maximum Gasteiger partial charge on any atom is 0.0641 e. The van der Waals surface area contributed by atoms with Crippen molar-refractivity contribution in [1.82, 2.24) is 15.1 Å². The molecule has 0 aliphatic rings. The fourth-order valence-corrected chi connectivity index (χ4v) is 2.41. The van der Waals surface area contributed by atoms with Gasteiger partial charge in [0.05, 0.1) is 11.8 Å². The van der Waals surface area contributed by atoms with Crippen molar-refractivity contribution in [3.63, 3.8) is 0 Å². The van der Waals surface area contributed by atoms with E-state index in [0.717, 1.165) is 31.7 Å². The standard InChI is InChI=1S/C14H27N3O/c1-6-17-13(5)14(12(4)16-17)9-15-8-10(2)7-11(3)18/h10-11,15,18H,6-9H2,1-5H3. The van der Waals surface area contributed by atoms with Crippen LogP contribution in [0.15, 0.2) is 0 Å². The first-order valence-corrected chi connectivity index (χ1v) is 6.87. The Hall–Kier alpha value is -0.870. The number of aliphatic hydroxyl groups excluding tert-OH is 1. The van der Waals surface area contributed by atoms with Gasteiger partial charge >= 0.3 is 0 Å². The highest BCUT2D eigenvalue weighted by molar-refractivity contribution is 5.24. The normalized spacial score (nSPS) is 14.8. The molecule has 2 atom stereocenters. The van der Waals surface area contributed by atoms with E-state index >= 15 is 0 Å². The van der Waals surface area contributed by atoms with Gasteiger partial charge in [0.1, 0.15) is 0 Å². The zero-order valence-corrected chi connectivity index (χ0v) is 12.3. The quantitative estimate of drug-likeness (QED) is 0.781. The predicted octanol–water partition coefficient (Wildman–Crippen LogP) is 2.02. The Morgan fingerprint density at radius 2 is 2.00 bits per heavy atom. The van der Waals surface area contributed by atoms with Crippen molar-refractivity contribution in [2.24, 2.45) is 5.92 Å². The van der Waals surface area contributed by atoms with Crippen LogP contribution >= 0.6 is 0 Å². The lowest BCUT2D eigenvalue weighted by atomic mass is 10.0. The Kier molecular flexibility index (Phi) is 5.82. The molecule has 1 heterocycles. The minimum atomic E-state index is -0.215. The second-order valence-electron chi connectivity index (χ2n) is 5.29. The number of rotatable bonds is 7. The van der Waals surface area contributed by atoms with Gasteiger partial charge in [0.15, 0.2) is 0 Å². The summed E-state index contributed by atoms with van der Waals surface area (Å²) in [6, 6.07) is 0. The molecular formula is C14H27N3O. The molecule has 0 aromatic carbocycles. The average Bonchev–Trinajstić information content (AvgIpc) is 2.55. The second-order valence-corrected chi connectivity index (χ2v) is 5.29. The van der Waals surface area contributed by atoms with Gasteiger partial charge in [0.2, 0.25) is 0 Å². The summed E-state index contributed by atoms with van der Waals surface area (Å²) in [5, 5.41) is 17.3. The topological polar surface area (TPSA) is 50.1 Å². The minimum absolute atomic E-state index is 0.215. The number of aryl methyl sites for hydroxylation is 2. The highest BCUT2D eigenvalue weighted by Crippen LogP contribution is 2.13. The molecule has 1 aromatic heterocycles. The molecule has 0 fully saturated rings. The predicted molar refractivity (Wildman–Crippen MR) is 74.5 cm³/mol. The van der Waals surface area contributed by atoms with Crippen LogP contribution in [-0.4, -0.2) is 27.5 Å². The molecule has 104 valence electrons. The van der Waals surface area contributed by atoms with Crippen LogP contribution in [0.1, 0.15) is 44.1 Å². The van der Waals surface area contributed by atoms with Gasteiger partial charge in [-0.05, 0) is 46.6 Å². The molecule has 4 heteroatoms. The summed E-state index contributed by atoms with van der Waals surface area (Å²) >= 11 is 0. The maximum absolute atomic E-state index is 9.32. The summed E-state index contributed by atoms with van der Waals surface area (Å²) in [5.41, 5.74) is 3.68. The Bertz CT molecular complexity index is 371. The molecule has 0 radical (unpaired) electrons. The van der Waals surface area contributed by atoms with Gasteiger partial charge < -0.3 is 10.4 Å². The van der Waals surface area contributed by atoms with E-state index in [0.29, 0.717) is 5.92 Å². The molecule has 0 saturated carbocycles. The third-order valence-corrected chi connectivity index (χ3v) is 3.37. The molecule has 0 aliphatic heterocycles. The van der Waals surface area contributed by atoms with Gasteiger partial charge in [-0.25, -0.2) is 0 Å². The van der Waals surface area contributed by atoms with Crippen LogP contribution in [0.25, 0.3) is 0 Å². The lowest BCUT2D eigenvalue weighted by Crippen LogP contribution is -2.23. The Labute approximate surface area is 110 Å². The van der Waals surface area contributed by atoms with Crippen molar-refractivity contribution in [2.75, 3.05) is 6.54 Å². The summed E-state index contributed by atoms with van der Waals surface area (Å²) in [7, 11) is 0. The van der Waals surface area contributed by atoms with Crippen molar-refractivity contribution >= 4 is 0 Å². The molecule has 0 spiro atoms. The molecule has 0 saturated heterocycles. The van der Waals surface area contributed by atoms with Gasteiger partial charge in [-0.2, -0.15) is 5.10 Å². The number of hydrogen-bond acceptors (Lipinski definition) is 3. The van der Waals surface area contributed by atoms with E-state index in [9.17, 15) is 5.11 Å². The first-order chi connectivity index (χ1) is 8.45. The van der Waals surface area contributed by atoms with Crippen molar-refractivity contribution in [3.05, 3.63) is 17.0 Å². The van der Waals surface area contributed by atoms with Crippen molar-refractivity contribution in [1.29, 1.82) is 0 Å². The number of nitrogens with zero attached hydrogens (tertiary/aromatic N) is 2. The van der Waals surface area contributed by atoms with E-state index in [1.54, 1.807) is 0 Å². The van der Waals surface area contributed by atoms with E-state index in [1.165, 1.54) is 11.3 Å². The molecule has 0 amide bonds. The highest BCUT2D eigenvalue weighted by atomic mass is 16.3. The fourth-order valence-electron chi connectivity index (χ4n) is 2.41. The minimum Gasteiger partial charge on any atom is -0.393 e. The Morgan fingerprint density at radius 3 is 2.50 bits per heavy atom. The third-order valence-electron chi connectivity index (χ3n) is 3.37. The fraction of sp³-hybridized carbons (Fsp3) is 0.786. The smallest absolute Gasteiger partial charge is 0.0641 e. The lowest BCUT2D eigenvalue weighted by Gasteiger charge is -2.14. The molecule has 18 heavy (non-hydrogen) atoms. The monoisotopic (exact) mass is 253 g/mol. The van der Waals surface area contributed by atoms with Gasteiger partial charge in [-0.15, -0.1) is 0 Å². The van der Waals surface area contributed by atoms with Crippen LogP contribution in [0.4, 0.5) is 0 Å².